The average molecular weight is 348 g/mol. The van der Waals surface area contributed by atoms with Crippen molar-refractivity contribution in [3.63, 3.8) is 0 Å². The molecule has 1 aliphatic rings. The van der Waals surface area contributed by atoms with E-state index in [0.29, 0.717) is 35.1 Å². The van der Waals surface area contributed by atoms with E-state index >= 15 is 0 Å². The van der Waals surface area contributed by atoms with Gasteiger partial charge in [-0.05, 0) is 36.4 Å². The molecule has 0 radical (unpaired) electrons. The normalized spacial score (nSPS) is 15.9. The van der Waals surface area contributed by atoms with Gasteiger partial charge in [-0.2, -0.15) is 0 Å². The first-order valence-electron chi connectivity index (χ1n) is 7.57. The Labute approximate surface area is 145 Å². The van der Waals surface area contributed by atoms with Crippen LogP contribution in [-0.4, -0.2) is 26.7 Å². The van der Waals surface area contributed by atoms with Crippen molar-refractivity contribution in [3.8, 4) is 17.2 Å². The molecule has 0 saturated carbocycles. The summed E-state index contributed by atoms with van der Waals surface area (Å²) in [5, 5.41) is 3.65. The number of nitrogens with one attached hydrogen (secondary N) is 1. The van der Waals surface area contributed by atoms with Gasteiger partial charge in [0.25, 0.3) is 5.91 Å². The van der Waals surface area contributed by atoms with E-state index in [1.165, 1.54) is 7.11 Å². The smallest absolute Gasteiger partial charge is 0.251 e. The zero-order valence-electron chi connectivity index (χ0n) is 13.5. The second-order valence-electron chi connectivity index (χ2n) is 5.42. The third-order valence-corrected chi connectivity index (χ3v) is 4.20. The van der Waals surface area contributed by atoms with Crippen molar-refractivity contribution >= 4 is 17.5 Å². The standard InChI is InChI=1S/C18H18ClNO4/c1-22-16-5-3-11(9-17(16)23-2)18(21)20-14-7-8-24-15-6-4-12(19)10-13(14)15/h3-6,9-10,14H,7-8H2,1-2H3,(H,20,21). The first-order chi connectivity index (χ1) is 11.6. The third kappa shape index (κ3) is 3.26. The number of carbonyl (C=O) groups excluding carboxylic acids is 1. The van der Waals surface area contributed by atoms with Crippen LogP contribution < -0.4 is 19.5 Å². The molecule has 0 aromatic heterocycles. The molecule has 0 fully saturated rings. The summed E-state index contributed by atoms with van der Waals surface area (Å²) >= 11 is 6.07. The van der Waals surface area contributed by atoms with Gasteiger partial charge in [0.05, 0.1) is 26.9 Å². The van der Waals surface area contributed by atoms with Crippen molar-refractivity contribution in [2.75, 3.05) is 20.8 Å². The molecule has 1 unspecified atom stereocenters. The van der Waals surface area contributed by atoms with Gasteiger partial charge in [0, 0.05) is 22.6 Å². The van der Waals surface area contributed by atoms with Gasteiger partial charge >= 0.3 is 0 Å². The van der Waals surface area contributed by atoms with Crippen LogP contribution in [0.2, 0.25) is 5.02 Å². The zero-order valence-corrected chi connectivity index (χ0v) is 14.2. The molecule has 2 aromatic rings. The predicted molar refractivity (Wildman–Crippen MR) is 91.3 cm³/mol. The minimum atomic E-state index is -0.186. The minimum Gasteiger partial charge on any atom is -0.493 e. The maximum Gasteiger partial charge on any atom is 0.251 e. The molecule has 126 valence electrons. The van der Waals surface area contributed by atoms with Crippen LogP contribution >= 0.6 is 11.6 Å². The highest BCUT2D eigenvalue weighted by molar-refractivity contribution is 6.30. The Morgan fingerprint density at radius 1 is 1.17 bits per heavy atom. The van der Waals surface area contributed by atoms with Gasteiger partial charge in [-0.1, -0.05) is 11.6 Å². The quantitative estimate of drug-likeness (QED) is 0.918. The van der Waals surface area contributed by atoms with Crippen LogP contribution in [0, 0.1) is 0 Å². The van der Waals surface area contributed by atoms with Crippen molar-refractivity contribution in [2.45, 2.75) is 12.5 Å². The number of hydrogen-bond donors (Lipinski definition) is 1. The molecule has 5 nitrogen and oxygen atoms in total. The molecule has 1 N–H and O–H groups in total. The second kappa shape index (κ2) is 7.01. The van der Waals surface area contributed by atoms with E-state index in [9.17, 15) is 4.79 Å². The van der Waals surface area contributed by atoms with E-state index < -0.39 is 0 Å². The zero-order chi connectivity index (χ0) is 17.1. The van der Waals surface area contributed by atoms with Crippen molar-refractivity contribution < 1.29 is 19.0 Å². The van der Waals surface area contributed by atoms with Gasteiger partial charge in [-0.15, -0.1) is 0 Å². The molecule has 1 amide bonds. The fourth-order valence-corrected chi connectivity index (χ4v) is 2.91. The molecular formula is C18H18ClNO4. The van der Waals surface area contributed by atoms with Crippen LogP contribution in [0.3, 0.4) is 0 Å². The number of amides is 1. The Morgan fingerprint density at radius 3 is 2.71 bits per heavy atom. The fraction of sp³-hybridized carbons (Fsp3) is 0.278. The number of rotatable bonds is 4. The summed E-state index contributed by atoms with van der Waals surface area (Å²) in [7, 11) is 3.09. The Morgan fingerprint density at radius 2 is 1.96 bits per heavy atom. The van der Waals surface area contributed by atoms with Gasteiger partial charge in [0.2, 0.25) is 0 Å². The van der Waals surface area contributed by atoms with E-state index in [1.54, 1.807) is 31.4 Å². The molecule has 6 heteroatoms. The van der Waals surface area contributed by atoms with Gasteiger partial charge in [0.15, 0.2) is 11.5 Å². The lowest BCUT2D eigenvalue weighted by Crippen LogP contribution is -2.32. The number of carbonyl (C=O) groups is 1. The van der Waals surface area contributed by atoms with E-state index in [0.717, 1.165) is 11.3 Å². The molecule has 0 spiro atoms. The number of benzene rings is 2. The van der Waals surface area contributed by atoms with E-state index in [-0.39, 0.29) is 11.9 Å². The minimum absolute atomic E-state index is 0.145. The summed E-state index contributed by atoms with van der Waals surface area (Å²) in [5.74, 6) is 1.66. The van der Waals surface area contributed by atoms with Gasteiger partial charge < -0.3 is 19.5 Å². The van der Waals surface area contributed by atoms with Crippen molar-refractivity contribution in [2.24, 2.45) is 0 Å². The van der Waals surface area contributed by atoms with E-state index in [1.807, 2.05) is 12.1 Å². The summed E-state index contributed by atoms with van der Waals surface area (Å²) in [6, 6.07) is 10.4. The van der Waals surface area contributed by atoms with Crippen molar-refractivity contribution in [1.82, 2.24) is 5.32 Å². The summed E-state index contributed by atoms with van der Waals surface area (Å²) in [6.45, 7) is 0.547. The molecule has 1 heterocycles. The fourth-order valence-electron chi connectivity index (χ4n) is 2.73. The van der Waals surface area contributed by atoms with Crippen LogP contribution in [-0.2, 0) is 0 Å². The molecule has 0 bridgehead atoms. The van der Waals surface area contributed by atoms with Gasteiger partial charge in [-0.3, -0.25) is 4.79 Å². The van der Waals surface area contributed by atoms with Crippen LogP contribution in [0.1, 0.15) is 28.4 Å². The number of halogens is 1. The number of fused-ring (bicyclic) bond motifs is 1. The lowest BCUT2D eigenvalue weighted by atomic mass is 10.00. The Bertz CT molecular complexity index is 763. The van der Waals surface area contributed by atoms with Crippen LogP contribution in [0.15, 0.2) is 36.4 Å². The second-order valence-corrected chi connectivity index (χ2v) is 5.85. The van der Waals surface area contributed by atoms with Crippen molar-refractivity contribution in [1.29, 1.82) is 0 Å². The molecule has 1 aliphatic heterocycles. The largest absolute Gasteiger partial charge is 0.493 e. The molecule has 24 heavy (non-hydrogen) atoms. The maximum absolute atomic E-state index is 12.6. The molecule has 3 rings (SSSR count). The molecule has 2 aromatic carbocycles. The summed E-state index contributed by atoms with van der Waals surface area (Å²) in [4.78, 5) is 12.6. The van der Waals surface area contributed by atoms with E-state index in [4.69, 9.17) is 25.8 Å². The number of ether oxygens (including phenoxy) is 3. The topological polar surface area (TPSA) is 56.8 Å². The summed E-state index contributed by atoms with van der Waals surface area (Å²) in [5.41, 5.74) is 1.39. The van der Waals surface area contributed by atoms with Gasteiger partial charge in [-0.25, -0.2) is 0 Å². The van der Waals surface area contributed by atoms with Crippen molar-refractivity contribution in [3.05, 3.63) is 52.5 Å². The maximum atomic E-state index is 12.6. The Kier molecular flexibility index (Phi) is 4.81. The molecule has 1 atom stereocenters. The van der Waals surface area contributed by atoms with Gasteiger partial charge in [0.1, 0.15) is 5.75 Å². The highest BCUT2D eigenvalue weighted by atomic mass is 35.5. The first-order valence-corrected chi connectivity index (χ1v) is 7.95. The highest BCUT2D eigenvalue weighted by Gasteiger charge is 2.24. The summed E-state index contributed by atoms with van der Waals surface area (Å²) in [6.07, 6.45) is 0.687. The number of methoxy groups -OCH3 is 2. The van der Waals surface area contributed by atoms with Crippen LogP contribution in [0.4, 0.5) is 0 Å². The SMILES string of the molecule is COc1ccc(C(=O)NC2CCOc3ccc(Cl)cc32)cc1OC. The summed E-state index contributed by atoms with van der Waals surface area (Å²) < 4.78 is 16.1. The number of hydrogen-bond acceptors (Lipinski definition) is 4. The Balaban J connectivity index is 1.82. The predicted octanol–water partition coefficient (Wildman–Crippen LogP) is 3.61. The third-order valence-electron chi connectivity index (χ3n) is 3.96. The first kappa shape index (κ1) is 16.5. The lowest BCUT2D eigenvalue weighted by Gasteiger charge is -2.27. The average Bonchev–Trinajstić information content (AvgIpc) is 2.61. The highest BCUT2D eigenvalue weighted by Crippen LogP contribution is 2.34. The molecular weight excluding hydrogens is 330 g/mol. The molecule has 0 saturated heterocycles. The van der Waals surface area contributed by atoms with E-state index in [2.05, 4.69) is 5.32 Å². The molecule has 0 aliphatic carbocycles. The monoisotopic (exact) mass is 347 g/mol. The van der Waals surface area contributed by atoms with Crippen LogP contribution in [0.25, 0.3) is 0 Å². The van der Waals surface area contributed by atoms with Crippen LogP contribution in [0.5, 0.6) is 17.2 Å². The lowest BCUT2D eigenvalue weighted by molar-refractivity contribution is 0.0924. The Hall–Kier alpha value is -2.40.